The second kappa shape index (κ2) is 6.07. The number of nitrogens with one attached hydrogen (secondary N) is 1. The lowest BCUT2D eigenvalue weighted by molar-refractivity contribution is -0.140. The second-order valence-electron chi connectivity index (χ2n) is 3.85. The lowest BCUT2D eigenvalue weighted by Crippen LogP contribution is -2.37. The van der Waals surface area contributed by atoms with Crippen molar-refractivity contribution in [3.8, 4) is 0 Å². The first-order valence-electron chi connectivity index (χ1n) is 4.90. The third kappa shape index (κ3) is 7.33. The zero-order valence-electron chi connectivity index (χ0n) is 9.36. The minimum Gasteiger partial charge on any atom is -0.481 e. The predicted molar refractivity (Wildman–Crippen MR) is 58.6 cm³/mol. The van der Waals surface area contributed by atoms with Gasteiger partial charge in [0.25, 0.3) is 0 Å². The highest BCUT2D eigenvalue weighted by Gasteiger charge is 2.22. The highest BCUT2D eigenvalue weighted by atomic mass is 32.2. The topological polar surface area (TPSA) is 83.5 Å². The van der Waals surface area contributed by atoms with Gasteiger partial charge in [-0.05, 0) is 13.3 Å². The summed E-state index contributed by atoms with van der Waals surface area (Å²) >= 11 is 0. The molecule has 0 heterocycles. The molecule has 0 aliphatic carbocycles. The number of carbonyl (C=O) groups is 1. The van der Waals surface area contributed by atoms with E-state index in [4.69, 9.17) is 5.11 Å². The van der Waals surface area contributed by atoms with E-state index in [1.165, 1.54) is 0 Å². The quantitative estimate of drug-likeness (QED) is 0.657. The van der Waals surface area contributed by atoms with Crippen molar-refractivity contribution in [2.24, 2.45) is 5.92 Å². The summed E-state index contributed by atoms with van der Waals surface area (Å²) in [6.07, 6.45) is 1.93. The van der Waals surface area contributed by atoms with Crippen LogP contribution in [-0.2, 0) is 14.6 Å². The first-order valence-corrected chi connectivity index (χ1v) is 6.96. The Kier molecular flexibility index (Phi) is 5.82. The monoisotopic (exact) mass is 237 g/mol. The summed E-state index contributed by atoms with van der Waals surface area (Å²) in [5.74, 6) is -2.25. The molecule has 0 aliphatic heterocycles. The third-order valence-corrected chi connectivity index (χ3v) is 3.19. The van der Waals surface area contributed by atoms with Crippen LogP contribution in [0.3, 0.4) is 0 Å². The van der Waals surface area contributed by atoms with E-state index in [2.05, 4.69) is 5.32 Å². The molecule has 0 aromatic heterocycles. The number of rotatable bonds is 7. The van der Waals surface area contributed by atoms with Crippen LogP contribution in [0, 0.1) is 5.92 Å². The minimum absolute atomic E-state index is 0.192. The van der Waals surface area contributed by atoms with Gasteiger partial charge in [0, 0.05) is 18.8 Å². The largest absolute Gasteiger partial charge is 0.481 e. The van der Waals surface area contributed by atoms with Crippen LogP contribution in [0.1, 0.15) is 20.3 Å². The van der Waals surface area contributed by atoms with Crippen molar-refractivity contribution in [1.82, 2.24) is 5.32 Å². The number of hydrogen-bond acceptors (Lipinski definition) is 4. The third-order valence-electron chi connectivity index (χ3n) is 2.18. The molecule has 0 radical (unpaired) electrons. The summed E-state index contributed by atoms with van der Waals surface area (Å²) in [5.41, 5.74) is 0. The lowest BCUT2D eigenvalue weighted by atomic mass is 10.1. The summed E-state index contributed by atoms with van der Waals surface area (Å²) in [6, 6.07) is 0.200. The van der Waals surface area contributed by atoms with Gasteiger partial charge in [-0.2, -0.15) is 0 Å². The van der Waals surface area contributed by atoms with E-state index in [-0.39, 0.29) is 18.3 Å². The SMILES string of the molecule is CCC(C)NCC(CS(C)(=O)=O)C(=O)O. The number of hydrogen-bond donors (Lipinski definition) is 2. The molecule has 0 bridgehead atoms. The van der Waals surface area contributed by atoms with Crippen LogP contribution in [0.2, 0.25) is 0 Å². The molecule has 0 rings (SSSR count). The van der Waals surface area contributed by atoms with Crippen LogP contribution in [0.4, 0.5) is 0 Å². The molecular formula is C9H19NO4S. The van der Waals surface area contributed by atoms with Gasteiger partial charge in [-0.1, -0.05) is 6.92 Å². The van der Waals surface area contributed by atoms with E-state index in [1.54, 1.807) is 0 Å². The van der Waals surface area contributed by atoms with Crippen LogP contribution in [-0.4, -0.2) is 44.1 Å². The molecule has 0 spiro atoms. The molecule has 15 heavy (non-hydrogen) atoms. The van der Waals surface area contributed by atoms with Crippen molar-refractivity contribution in [3.05, 3.63) is 0 Å². The molecule has 6 heteroatoms. The van der Waals surface area contributed by atoms with E-state index in [0.717, 1.165) is 12.7 Å². The number of carboxylic acids is 1. The fraction of sp³-hybridized carbons (Fsp3) is 0.889. The molecule has 2 unspecified atom stereocenters. The van der Waals surface area contributed by atoms with Crippen LogP contribution in [0.5, 0.6) is 0 Å². The van der Waals surface area contributed by atoms with E-state index in [9.17, 15) is 13.2 Å². The van der Waals surface area contributed by atoms with Gasteiger partial charge in [0.05, 0.1) is 11.7 Å². The molecule has 0 amide bonds. The Bertz CT molecular complexity index is 299. The van der Waals surface area contributed by atoms with E-state index >= 15 is 0 Å². The fourth-order valence-corrected chi connectivity index (χ4v) is 2.06. The van der Waals surface area contributed by atoms with Crippen molar-refractivity contribution in [2.75, 3.05) is 18.6 Å². The minimum atomic E-state index is -3.24. The van der Waals surface area contributed by atoms with Crippen molar-refractivity contribution >= 4 is 15.8 Å². The number of carboxylic acid groups (broad SMARTS) is 1. The molecule has 5 nitrogen and oxygen atoms in total. The van der Waals surface area contributed by atoms with Crippen molar-refractivity contribution in [1.29, 1.82) is 0 Å². The number of aliphatic carboxylic acids is 1. The van der Waals surface area contributed by atoms with Gasteiger partial charge < -0.3 is 10.4 Å². The summed E-state index contributed by atoms with van der Waals surface area (Å²) in [4.78, 5) is 10.8. The van der Waals surface area contributed by atoms with Crippen LogP contribution < -0.4 is 5.32 Å². The average molecular weight is 237 g/mol. The van der Waals surface area contributed by atoms with Gasteiger partial charge >= 0.3 is 5.97 Å². The Morgan fingerprint density at radius 3 is 2.33 bits per heavy atom. The number of sulfone groups is 1. The summed E-state index contributed by atoms with van der Waals surface area (Å²) in [7, 11) is -3.24. The molecule has 90 valence electrons. The molecule has 0 aromatic rings. The van der Waals surface area contributed by atoms with Crippen molar-refractivity contribution in [2.45, 2.75) is 26.3 Å². The van der Waals surface area contributed by atoms with Crippen LogP contribution in [0.25, 0.3) is 0 Å². The Balaban J connectivity index is 4.24. The molecule has 0 fully saturated rings. The maximum Gasteiger partial charge on any atom is 0.308 e. The van der Waals surface area contributed by atoms with Crippen LogP contribution in [0.15, 0.2) is 0 Å². The van der Waals surface area contributed by atoms with Gasteiger partial charge in [0.2, 0.25) is 0 Å². The summed E-state index contributed by atoms with van der Waals surface area (Å²) < 4.78 is 21.9. The lowest BCUT2D eigenvalue weighted by Gasteiger charge is -2.16. The van der Waals surface area contributed by atoms with Crippen molar-refractivity contribution in [3.63, 3.8) is 0 Å². The fourth-order valence-electron chi connectivity index (χ4n) is 1.07. The zero-order valence-corrected chi connectivity index (χ0v) is 10.2. The molecule has 0 aromatic carbocycles. The summed E-state index contributed by atoms with van der Waals surface area (Å²) in [6.45, 7) is 4.10. The van der Waals surface area contributed by atoms with E-state index < -0.39 is 21.7 Å². The first kappa shape index (κ1) is 14.4. The first-order chi connectivity index (χ1) is 6.76. The maximum absolute atomic E-state index is 11.0. The van der Waals surface area contributed by atoms with Gasteiger partial charge in [0.15, 0.2) is 0 Å². The molecular weight excluding hydrogens is 218 g/mol. The molecule has 0 saturated heterocycles. The molecule has 2 N–H and O–H groups in total. The molecule has 0 saturated carbocycles. The van der Waals surface area contributed by atoms with E-state index in [1.807, 2.05) is 13.8 Å². The second-order valence-corrected chi connectivity index (χ2v) is 6.03. The van der Waals surface area contributed by atoms with Gasteiger partial charge in [0.1, 0.15) is 9.84 Å². The standard InChI is InChI=1S/C9H19NO4S/c1-4-7(2)10-5-8(9(11)12)6-15(3,13)14/h7-8,10H,4-6H2,1-3H3,(H,11,12). The predicted octanol–water partition coefficient (Wildman–Crippen LogP) is 0.120. The van der Waals surface area contributed by atoms with Gasteiger partial charge in [-0.15, -0.1) is 0 Å². The highest BCUT2D eigenvalue weighted by Crippen LogP contribution is 2.01. The van der Waals surface area contributed by atoms with E-state index in [0.29, 0.717) is 0 Å². The molecule has 2 atom stereocenters. The Hall–Kier alpha value is -0.620. The van der Waals surface area contributed by atoms with Crippen molar-refractivity contribution < 1.29 is 18.3 Å². The Labute approximate surface area is 90.8 Å². The average Bonchev–Trinajstić information content (AvgIpc) is 2.09. The summed E-state index contributed by atoms with van der Waals surface area (Å²) in [5, 5.41) is 11.8. The highest BCUT2D eigenvalue weighted by molar-refractivity contribution is 7.90. The smallest absolute Gasteiger partial charge is 0.308 e. The Morgan fingerprint density at radius 2 is 2.00 bits per heavy atom. The van der Waals surface area contributed by atoms with Gasteiger partial charge in [-0.3, -0.25) is 4.79 Å². The Morgan fingerprint density at radius 1 is 1.47 bits per heavy atom. The zero-order chi connectivity index (χ0) is 12.1. The molecule has 0 aliphatic rings. The maximum atomic E-state index is 11.0. The van der Waals surface area contributed by atoms with Crippen LogP contribution >= 0.6 is 0 Å². The normalized spacial score (nSPS) is 15.9. The van der Waals surface area contributed by atoms with Gasteiger partial charge in [-0.25, -0.2) is 8.42 Å².